The van der Waals surface area contributed by atoms with Crippen LogP contribution in [0.25, 0.3) is 0 Å². The van der Waals surface area contributed by atoms with Crippen molar-refractivity contribution in [3.63, 3.8) is 0 Å². The van der Waals surface area contributed by atoms with E-state index in [1.165, 1.54) is 0 Å². The van der Waals surface area contributed by atoms with E-state index in [-0.39, 0.29) is 12.0 Å². The maximum Gasteiger partial charge on any atom is 0.225 e. The molecule has 0 bridgehead atoms. The molecule has 0 spiro atoms. The Bertz CT molecular complexity index is 453. The minimum atomic E-state index is 0.0115. The molecule has 2 rings (SSSR count). The molecular formula is C17H26N2O3. The van der Waals surface area contributed by atoms with Crippen LogP contribution < -0.4 is 15.4 Å². The van der Waals surface area contributed by atoms with Gasteiger partial charge in [0.15, 0.2) is 0 Å². The fourth-order valence-electron chi connectivity index (χ4n) is 2.38. The summed E-state index contributed by atoms with van der Waals surface area (Å²) in [7, 11) is 0. The molecule has 1 aromatic rings. The zero-order valence-electron chi connectivity index (χ0n) is 13.4. The summed E-state index contributed by atoms with van der Waals surface area (Å²) >= 11 is 0. The van der Waals surface area contributed by atoms with E-state index < -0.39 is 0 Å². The molecule has 0 saturated carbocycles. The molecule has 5 heteroatoms. The van der Waals surface area contributed by atoms with E-state index in [4.69, 9.17) is 9.47 Å². The summed E-state index contributed by atoms with van der Waals surface area (Å²) in [6.45, 7) is 6.33. The number of anilines is 1. The minimum absolute atomic E-state index is 0.0115. The lowest BCUT2D eigenvalue weighted by Gasteiger charge is -2.12. The van der Waals surface area contributed by atoms with Crippen molar-refractivity contribution >= 4 is 11.6 Å². The Morgan fingerprint density at radius 1 is 1.36 bits per heavy atom. The molecule has 0 radical (unpaired) electrons. The second-order valence-electron chi connectivity index (χ2n) is 5.83. The van der Waals surface area contributed by atoms with Gasteiger partial charge in [-0.3, -0.25) is 4.79 Å². The Morgan fingerprint density at radius 3 is 2.77 bits per heavy atom. The van der Waals surface area contributed by atoms with E-state index in [0.29, 0.717) is 19.1 Å². The number of hydrogen-bond acceptors (Lipinski definition) is 4. The van der Waals surface area contributed by atoms with Crippen LogP contribution in [0.3, 0.4) is 0 Å². The van der Waals surface area contributed by atoms with Crippen molar-refractivity contribution in [2.75, 3.05) is 25.0 Å². The molecule has 1 unspecified atom stereocenters. The summed E-state index contributed by atoms with van der Waals surface area (Å²) in [5.74, 6) is 0.823. The van der Waals surface area contributed by atoms with Crippen molar-refractivity contribution in [3.05, 3.63) is 24.3 Å². The molecule has 1 aliphatic rings. The van der Waals surface area contributed by atoms with Crippen LogP contribution in [0.5, 0.6) is 5.75 Å². The number of hydrogen-bond donors (Lipinski definition) is 2. The van der Waals surface area contributed by atoms with Crippen molar-refractivity contribution in [2.45, 2.75) is 45.3 Å². The third-order valence-corrected chi connectivity index (χ3v) is 3.43. The average Bonchev–Trinajstić information content (AvgIpc) is 2.98. The van der Waals surface area contributed by atoms with Gasteiger partial charge in [0, 0.05) is 31.8 Å². The van der Waals surface area contributed by atoms with Crippen molar-refractivity contribution in [1.82, 2.24) is 5.32 Å². The number of rotatable bonds is 8. The number of nitrogens with one attached hydrogen (secondary N) is 2. The molecule has 1 heterocycles. The number of ether oxygens (including phenoxy) is 2. The van der Waals surface area contributed by atoms with Gasteiger partial charge in [-0.1, -0.05) is 0 Å². The summed E-state index contributed by atoms with van der Waals surface area (Å²) in [4.78, 5) is 11.9. The molecule has 1 atom stereocenters. The van der Waals surface area contributed by atoms with E-state index in [1.807, 2.05) is 38.1 Å². The lowest BCUT2D eigenvalue weighted by atomic mass is 10.2. The largest absolute Gasteiger partial charge is 0.491 e. The summed E-state index contributed by atoms with van der Waals surface area (Å²) in [6.07, 6.45) is 3.18. The van der Waals surface area contributed by atoms with Crippen molar-refractivity contribution in [3.8, 4) is 5.75 Å². The first kappa shape index (κ1) is 16.8. The maximum absolute atomic E-state index is 11.9. The van der Waals surface area contributed by atoms with E-state index in [9.17, 15) is 4.79 Å². The first-order valence-electron chi connectivity index (χ1n) is 8.02. The smallest absolute Gasteiger partial charge is 0.225 e. The predicted octanol–water partition coefficient (Wildman–Crippen LogP) is 2.57. The summed E-state index contributed by atoms with van der Waals surface area (Å²) in [6, 6.07) is 7.45. The van der Waals surface area contributed by atoms with Crippen LogP contribution in [-0.2, 0) is 9.53 Å². The van der Waals surface area contributed by atoms with E-state index in [1.54, 1.807) is 0 Å². The molecule has 22 heavy (non-hydrogen) atoms. The Hall–Kier alpha value is -1.59. The molecule has 1 fully saturated rings. The molecule has 0 aromatic heterocycles. The van der Waals surface area contributed by atoms with Gasteiger partial charge in [0.1, 0.15) is 5.75 Å². The number of carbonyl (C=O) groups is 1. The van der Waals surface area contributed by atoms with Gasteiger partial charge < -0.3 is 20.1 Å². The first-order valence-corrected chi connectivity index (χ1v) is 8.02. The van der Waals surface area contributed by atoms with E-state index >= 15 is 0 Å². The topological polar surface area (TPSA) is 59.6 Å². The fourth-order valence-corrected chi connectivity index (χ4v) is 2.38. The van der Waals surface area contributed by atoms with E-state index in [2.05, 4.69) is 10.6 Å². The third kappa shape index (κ3) is 6.03. The van der Waals surface area contributed by atoms with Gasteiger partial charge in [-0.15, -0.1) is 0 Å². The van der Waals surface area contributed by atoms with E-state index in [0.717, 1.165) is 37.4 Å². The SMILES string of the molecule is CC(C)Oc1ccc(NC(=O)CCNCC2CCCO2)cc1. The molecule has 1 aliphatic heterocycles. The highest BCUT2D eigenvalue weighted by Gasteiger charge is 2.14. The second-order valence-corrected chi connectivity index (χ2v) is 5.83. The maximum atomic E-state index is 11.9. The second kappa shape index (κ2) is 8.76. The first-order chi connectivity index (χ1) is 10.6. The summed E-state index contributed by atoms with van der Waals surface area (Å²) < 4.78 is 11.1. The van der Waals surface area contributed by atoms with Crippen LogP contribution >= 0.6 is 0 Å². The monoisotopic (exact) mass is 306 g/mol. The molecule has 2 N–H and O–H groups in total. The van der Waals surface area contributed by atoms with Gasteiger partial charge in [-0.25, -0.2) is 0 Å². The van der Waals surface area contributed by atoms with Gasteiger partial charge in [0.25, 0.3) is 0 Å². The number of amides is 1. The Morgan fingerprint density at radius 2 is 2.14 bits per heavy atom. The molecule has 0 aliphatic carbocycles. The zero-order valence-corrected chi connectivity index (χ0v) is 13.4. The highest BCUT2D eigenvalue weighted by molar-refractivity contribution is 5.90. The Balaban J connectivity index is 1.63. The zero-order chi connectivity index (χ0) is 15.8. The Labute approximate surface area is 132 Å². The molecule has 5 nitrogen and oxygen atoms in total. The molecule has 1 amide bonds. The fraction of sp³-hybridized carbons (Fsp3) is 0.588. The minimum Gasteiger partial charge on any atom is -0.491 e. The van der Waals surface area contributed by atoms with Gasteiger partial charge in [0.2, 0.25) is 5.91 Å². The lowest BCUT2D eigenvalue weighted by molar-refractivity contribution is -0.116. The summed E-state index contributed by atoms with van der Waals surface area (Å²) in [5, 5.41) is 6.15. The normalized spacial score (nSPS) is 17.7. The third-order valence-electron chi connectivity index (χ3n) is 3.43. The lowest BCUT2D eigenvalue weighted by Crippen LogP contribution is -2.29. The van der Waals surface area contributed by atoms with Crippen LogP contribution in [0.4, 0.5) is 5.69 Å². The standard InChI is InChI=1S/C17H26N2O3/c1-13(2)22-15-7-5-14(6-8-15)19-17(20)9-10-18-12-16-4-3-11-21-16/h5-8,13,16,18H,3-4,9-12H2,1-2H3,(H,19,20). The summed E-state index contributed by atoms with van der Waals surface area (Å²) in [5.41, 5.74) is 0.792. The molecule has 1 saturated heterocycles. The van der Waals surface area contributed by atoms with Gasteiger partial charge in [-0.2, -0.15) is 0 Å². The van der Waals surface area contributed by atoms with Crippen LogP contribution in [0.1, 0.15) is 33.1 Å². The van der Waals surface area contributed by atoms with Crippen LogP contribution in [0, 0.1) is 0 Å². The van der Waals surface area contributed by atoms with Crippen LogP contribution in [0.2, 0.25) is 0 Å². The van der Waals surface area contributed by atoms with Crippen molar-refractivity contribution in [1.29, 1.82) is 0 Å². The highest BCUT2D eigenvalue weighted by Crippen LogP contribution is 2.17. The molecule has 122 valence electrons. The number of benzene rings is 1. The van der Waals surface area contributed by atoms with Crippen molar-refractivity contribution in [2.24, 2.45) is 0 Å². The van der Waals surface area contributed by atoms with Crippen LogP contribution in [-0.4, -0.2) is 37.8 Å². The molecule has 1 aromatic carbocycles. The highest BCUT2D eigenvalue weighted by atomic mass is 16.5. The van der Waals surface area contributed by atoms with Crippen molar-refractivity contribution < 1.29 is 14.3 Å². The predicted molar refractivity (Wildman–Crippen MR) is 87.3 cm³/mol. The quantitative estimate of drug-likeness (QED) is 0.725. The number of carbonyl (C=O) groups excluding carboxylic acids is 1. The Kier molecular flexibility index (Phi) is 6.68. The van der Waals surface area contributed by atoms with Gasteiger partial charge >= 0.3 is 0 Å². The van der Waals surface area contributed by atoms with Gasteiger partial charge in [-0.05, 0) is 51.0 Å². The molecular weight excluding hydrogens is 280 g/mol. The van der Waals surface area contributed by atoms with Crippen LogP contribution in [0.15, 0.2) is 24.3 Å². The van der Waals surface area contributed by atoms with Gasteiger partial charge in [0.05, 0.1) is 12.2 Å². The average molecular weight is 306 g/mol.